The molecule has 0 aromatic heterocycles. The summed E-state index contributed by atoms with van der Waals surface area (Å²) in [4.78, 5) is 11.7. The molecule has 128 valence electrons. The third-order valence-electron chi connectivity index (χ3n) is 3.08. The van der Waals surface area contributed by atoms with Crippen LogP contribution >= 0.6 is 34.8 Å². The van der Waals surface area contributed by atoms with E-state index >= 15 is 0 Å². The number of amides is 1. The van der Waals surface area contributed by atoms with Crippen LogP contribution in [-0.4, -0.2) is 25.7 Å². The number of carbonyl (C=O) groups excluding carboxylic acids is 1. The van der Waals surface area contributed by atoms with E-state index in [1.54, 1.807) is 30.3 Å². The topological polar surface area (TPSA) is 47.6 Å². The molecule has 0 radical (unpaired) electrons. The summed E-state index contributed by atoms with van der Waals surface area (Å²) < 4.78 is 10.9. The van der Waals surface area contributed by atoms with Crippen LogP contribution in [0.15, 0.2) is 36.4 Å². The molecule has 0 heterocycles. The Balaban J connectivity index is 1.68. The van der Waals surface area contributed by atoms with Gasteiger partial charge in [-0.2, -0.15) is 0 Å². The summed E-state index contributed by atoms with van der Waals surface area (Å²) in [5.41, 5.74) is 0.937. The smallest absolute Gasteiger partial charge is 0.258 e. The molecule has 0 saturated heterocycles. The van der Waals surface area contributed by atoms with Crippen LogP contribution in [0.2, 0.25) is 15.1 Å². The van der Waals surface area contributed by atoms with Gasteiger partial charge in [-0.3, -0.25) is 4.79 Å². The van der Waals surface area contributed by atoms with E-state index in [2.05, 4.69) is 5.32 Å². The minimum atomic E-state index is -0.267. The Labute approximate surface area is 155 Å². The van der Waals surface area contributed by atoms with Crippen LogP contribution in [0.1, 0.15) is 5.56 Å². The van der Waals surface area contributed by atoms with Gasteiger partial charge in [0.15, 0.2) is 6.61 Å². The SMILES string of the molecule is Cc1cc(OCCNC(=O)COc2ccc(Cl)cc2Cl)ccc1Cl. The number of rotatable bonds is 7. The third-order valence-corrected chi connectivity index (χ3v) is 4.03. The van der Waals surface area contributed by atoms with Gasteiger partial charge < -0.3 is 14.8 Å². The number of carbonyl (C=O) groups is 1. The van der Waals surface area contributed by atoms with Gasteiger partial charge in [0.1, 0.15) is 18.1 Å². The first kappa shape index (κ1) is 18.7. The zero-order valence-electron chi connectivity index (χ0n) is 12.9. The van der Waals surface area contributed by atoms with Crippen molar-refractivity contribution in [3.63, 3.8) is 0 Å². The number of nitrogens with one attached hydrogen (secondary N) is 1. The molecular weight excluding hydrogens is 373 g/mol. The summed E-state index contributed by atoms with van der Waals surface area (Å²) in [5, 5.41) is 4.25. The number of benzene rings is 2. The highest BCUT2D eigenvalue weighted by atomic mass is 35.5. The summed E-state index contributed by atoms with van der Waals surface area (Å²) in [6.45, 7) is 2.46. The maximum Gasteiger partial charge on any atom is 0.258 e. The number of hydrogen-bond donors (Lipinski definition) is 1. The fourth-order valence-electron chi connectivity index (χ4n) is 1.85. The van der Waals surface area contributed by atoms with Crippen molar-refractivity contribution in [1.82, 2.24) is 5.32 Å². The van der Waals surface area contributed by atoms with Crippen molar-refractivity contribution < 1.29 is 14.3 Å². The molecular formula is C17H16Cl3NO3. The Morgan fingerprint density at radius 2 is 1.83 bits per heavy atom. The summed E-state index contributed by atoms with van der Waals surface area (Å²) in [7, 11) is 0. The standard InChI is InChI=1S/C17H16Cl3NO3/c1-11-8-13(3-4-14(11)19)23-7-6-21-17(22)10-24-16-5-2-12(18)9-15(16)20/h2-5,8-9H,6-7,10H2,1H3,(H,21,22). The summed E-state index contributed by atoms with van der Waals surface area (Å²) in [6.07, 6.45) is 0. The lowest BCUT2D eigenvalue weighted by molar-refractivity contribution is -0.123. The molecule has 0 bridgehead atoms. The van der Waals surface area contributed by atoms with E-state index in [-0.39, 0.29) is 12.5 Å². The summed E-state index contributed by atoms with van der Waals surface area (Å²) in [5.74, 6) is 0.844. The van der Waals surface area contributed by atoms with Crippen molar-refractivity contribution in [3.8, 4) is 11.5 Å². The van der Waals surface area contributed by atoms with Crippen molar-refractivity contribution >= 4 is 40.7 Å². The lowest BCUT2D eigenvalue weighted by atomic mass is 10.2. The van der Waals surface area contributed by atoms with Crippen LogP contribution in [0.4, 0.5) is 0 Å². The Morgan fingerprint density at radius 3 is 2.54 bits per heavy atom. The van der Waals surface area contributed by atoms with Crippen LogP contribution in [-0.2, 0) is 4.79 Å². The molecule has 0 fully saturated rings. The van der Waals surface area contributed by atoms with E-state index in [1.807, 2.05) is 13.0 Å². The lowest BCUT2D eigenvalue weighted by Crippen LogP contribution is -2.32. The zero-order chi connectivity index (χ0) is 17.5. The minimum Gasteiger partial charge on any atom is -0.492 e. The van der Waals surface area contributed by atoms with E-state index in [4.69, 9.17) is 44.3 Å². The normalized spacial score (nSPS) is 10.3. The van der Waals surface area contributed by atoms with Gasteiger partial charge in [0.25, 0.3) is 5.91 Å². The maximum absolute atomic E-state index is 11.7. The molecule has 1 amide bonds. The molecule has 0 aliphatic heterocycles. The maximum atomic E-state index is 11.7. The highest BCUT2D eigenvalue weighted by Gasteiger charge is 2.06. The van der Waals surface area contributed by atoms with Gasteiger partial charge in [-0.15, -0.1) is 0 Å². The monoisotopic (exact) mass is 387 g/mol. The first-order chi connectivity index (χ1) is 11.5. The van der Waals surface area contributed by atoms with Crippen molar-refractivity contribution in [1.29, 1.82) is 0 Å². The van der Waals surface area contributed by atoms with Crippen LogP contribution in [0, 0.1) is 6.92 Å². The Hall–Kier alpha value is -1.62. The number of hydrogen-bond acceptors (Lipinski definition) is 3. The summed E-state index contributed by atoms with van der Waals surface area (Å²) >= 11 is 17.7. The summed E-state index contributed by atoms with van der Waals surface area (Å²) in [6, 6.07) is 10.2. The molecule has 1 N–H and O–H groups in total. The molecule has 0 spiro atoms. The van der Waals surface area contributed by atoms with Gasteiger partial charge in [-0.05, 0) is 48.9 Å². The number of ether oxygens (including phenoxy) is 2. The van der Waals surface area contributed by atoms with Crippen LogP contribution < -0.4 is 14.8 Å². The van der Waals surface area contributed by atoms with Crippen molar-refractivity contribution in [2.24, 2.45) is 0 Å². The quantitative estimate of drug-likeness (QED) is 0.709. The molecule has 7 heteroatoms. The minimum absolute atomic E-state index is 0.137. The predicted octanol–water partition coefficient (Wildman–Crippen LogP) is 4.53. The van der Waals surface area contributed by atoms with E-state index < -0.39 is 0 Å². The number of aryl methyl sites for hydroxylation is 1. The van der Waals surface area contributed by atoms with E-state index in [0.29, 0.717) is 39.7 Å². The molecule has 0 aliphatic rings. The van der Waals surface area contributed by atoms with Gasteiger partial charge in [0, 0.05) is 10.0 Å². The molecule has 0 saturated carbocycles. The van der Waals surface area contributed by atoms with E-state index in [0.717, 1.165) is 5.56 Å². The highest BCUT2D eigenvalue weighted by molar-refractivity contribution is 6.35. The van der Waals surface area contributed by atoms with Crippen molar-refractivity contribution in [2.45, 2.75) is 6.92 Å². The van der Waals surface area contributed by atoms with Crippen LogP contribution in [0.5, 0.6) is 11.5 Å². The Bertz CT molecular complexity index is 722. The molecule has 0 aliphatic carbocycles. The highest BCUT2D eigenvalue weighted by Crippen LogP contribution is 2.27. The Kier molecular flexibility index (Phi) is 7.03. The first-order valence-corrected chi connectivity index (χ1v) is 8.32. The van der Waals surface area contributed by atoms with Crippen molar-refractivity contribution in [3.05, 3.63) is 57.0 Å². The van der Waals surface area contributed by atoms with Gasteiger partial charge >= 0.3 is 0 Å². The molecule has 2 rings (SSSR count). The fourth-order valence-corrected chi connectivity index (χ4v) is 2.43. The van der Waals surface area contributed by atoms with Gasteiger partial charge in [0.05, 0.1) is 11.6 Å². The molecule has 4 nitrogen and oxygen atoms in total. The molecule has 2 aromatic carbocycles. The van der Waals surface area contributed by atoms with E-state index in [9.17, 15) is 4.79 Å². The van der Waals surface area contributed by atoms with Gasteiger partial charge in [-0.1, -0.05) is 34.8 Å². The number of halogens is 3. The zero-order valence-corrected chi connectivity index (χ0v) is 15.2. The van der Waals surface area contributed by atoms with Crippen LogP contribution in [0.25, 0.3) is 0 Å². The third kappa shape index (κ3) is 5.78. The van der Waals surface area contributed by atoms with E-state index in [1.165, 1.54) is 0 Å². The Morgan fingerprint density at radius 1 is 1.04 bits per heavy atom. The average Bonchev–Trinajstić information content (AvgIpc) is 2.54. The average molecular weight is 389 g/mol. The molecule has 24 heavy (non-hydrogen) atoms. The largest absolute Gasteiger partial charge is 0.492 e. The molecule has 0 unspecified atom stereocenters. The fraction of sp³-hybridized carbons (Fsp3) is 0.235. The second kappa shape index (κ2) is 9.02. The predicted molar refractivity (Wildman–Crippen MR) is 96.7 cm³/mol. The lowest BCUT2D eigenvalue weighted by Gasteiger charge is -2.10. The van der Waals surface area contributed by atoms with Crippen molar-refractivity contribution in [2.75, 3.05) is 19.8 Å². The second-order valence-electron chi connectivity index (χ2n) is 4.97. The van der Waals surface area contributed by atoms with Gasteiger partial charge in [0.2, 0.25) is 0 Å². The molecule has 2 aromatic rings. The first-order valence-electron chi connectivity index (χ1n) is 7.19. The van der Waals surface area contributed by atoms with Gasteiger partial charge in [-0.25, -0.2) is 0 Å². The van der Waals surface area contributed by atoms with Crippen LogP contribution in [0.3, 0.4) is 0 Å². The molecule has 0 atom stereocenters. The second-order valence-corrected chi connectivity index (χ2v) is 6.22.